The molecule has 5 saturated heterocycles. The van der Waals surface area contributed by atoms with Crippen LogP contribution in [0.25, 0.3) is 0 Å². The van der Waals surface area contributed by atoms with E-state index in [1.54, 1.807) is 0 Å². The van der Waals surface area contributed by atoms with Crippen LogP contribution in [0.15, 0.2) is 25.3 Å². The summed E-state index contributed by atoms with van der Waals surface area (Å²) in [4.78, 5) is 0. The van der Waals surface area contributed by atoms with Gasteiger partial charge in [0.05, 0.1) is 81.8 Å². The van der Waals surface area contributed by atoms with E-state index in [-0.39, 0.29) is 65.9 Å². The predicted octanol–water partition coefficient (Wildman–Crippen LogP) is 2.90. The van der Waals surface area contributed by atoms with Gasteiger partial charge in [0.2, 0.25) is 0 Å². The van der Waals surface area contributed by atoms with Crippen molar-refractivity contribution in [3.63, 3.8) is 0 Å². The van der Waals surface area contributed by atoms with E-state index in [0.717, 1.165) is 30.4 Å². The molecule has 0 aromatic carbocycles. The SMILES string of the molecule is C=CC[N+](C)(C)CC=C.O=S(=O)(O)C1CCCC2C3NC4NC(NC5NC(NC6NC(NC(N3)C21)C1CCCCC61)C1CCCCC51)C1CCCCC41.[Cu]. The third-order valence-corrected chi connectivity index (χ3v) is 16.8. The quantitative estimate of drug-likeness (QED) is 0.0873. The predicted molar refractivity (Wildman–Crippen MR) is 210 cm³/mol. The maximum Gasteiger partial charge on any atom is 0.268 e. The van der Waals surface area contributed by atoms with Crippen LogP contribution in [-0.4, -0.2) is 99.2 Å². The molecular formula is C40H72CuN9O3S+. The van der Waals surface area contributed by atoms with Gasteiger partial charge in [-0.1, -0.05) is 58.1 Å². The third kappa shape index (κ3) is 8.49. The minimum Gasteiger partial charge on any atom is -0.322 e. The molecule has 4 saturated carbocycles. The maximum absolute atomic E-state index is 12.8. The summed E-state index contributed by atoms with van der Waals surface area (Å²) in [7, 11) is 0.157. The number of hydrogen-bond donors (Lipinski definition) is 9. The normalized spacial score (nSPS) is 47.1. The van der Waals surface area contributed by atoms with Gasteiger partial charge in [-0.25, -0.2) is 0 Å². The monoisotopic (exact) mass is 821 g/mol. The van der Waals surface area contributed by atoms with Crippen molar-refractivity contribution in [3.05, 3.63) is 25.3 Å². The fourth-order valence-corrected chi connectivity index (χ4v) is 14.3. The summed E-state index contributed by atoms with van der Waals surface area (Å²) in [5, 5.41) is 31.8. The molecule has 14 heteroatoms. The molecule has 9 rings (SSSR count). The molecule has 9 aliphatic rings. The number of hydrogen-bond acceptors (Lipinski definition) is 10. The van der Waals surface area contributed by atoms with Crippen molar-refractivity contribution in [2.45, 2.75) is 151 Å². The van der Waals surface area contributed by atoms with E-state index in [4.69, 9.17) is 0 Å². The molecule has 8 bridgehead atoms. The van der Waals surface area contributed by atoms with E-state index in [9.17, 15) is 13.0 Å². The first-order chi connectivity index (χ1) is 25.5. The third-order valence-electron chi connectivity index (χ3n) is 15.5. The van der Waals surface area contributed by atoms with E-state index in [0.29, 0.717) is 54.3 Å². The maximum atomic E-state index is 12.8. The molecule has 5 heterocycles. The van der Waals surface area contributed by atoms with Crippen LogP contribution in [0.3, 0.4) is 0 Å². The minimum absolute atomic E-state index is 0. The van der Waals surface area contributed by atoms with Gasteiger partial charge >= 0.3 is 0 Å². The Balaban J connectivity index is 0.000000403. The van der Waals surface area contributed by atoms with Gasteiger partial charge < -0.3 is 4.48 Å². The second-order valence-corrected chi connectivity index (χ2v) is 20.7. The van der Waals surface area contributed by atoms with Gasteiger partial charge in [0.25, 0.3) is 10.1 Å². The molecule has 17 unspecified atom stereocenters. The van der Waals surface area contributed by atoms with Crippen molar-refractivity contribution < 1.29 is 34.5 Å². The molecule has 4 aliphatic carbocycles. The molecule has 54 heavy (non-hydrogen) atoms. The number of likely N-dealkylation sites (N-methyl/N-ethyl adjacent to an activating group) is 1. The summed E-state index contributed by atoms with van der Waals surface area (Å²) >= 11 is 0. The van der Waals surface area contributed by atoms with Gasteiger partial charge in [-0.3, -0.25) is 47.1 Å². The van der Waals surface area contributed by atoms with E-state index in [2.05, 4.69) is 69.8 Å². The second-order valence-electron chi connectivity index (χ2n) is 19.1. The van der Waals surface area contributed by atoms with Crippen LogP contribution in [-0.2, 0) is 27.2 Å². The van der Waals surface area contributed by atoms with Crippen molar-refractivity contribution in [1.29, 1.82) is 0 Å². The average molecular weight is 823 g/mol. The van der Waals surface area contributed by atoms with Crippen LogP contribution in [0, 0.1) is 47.3 Å². The Bertz CT molecular complexity index is 1390. The Morgan fingerprint density at radius 1 is 0.500 bits per heavy atom. The van der Waals surface area contributed by atoms with Crippen LogP contribution in [0.1, 0.15) is 96.3 Å². The largest absolute Gasteiger partial charge is 0.322 e. The van der Waals surface area contributed by atoms with Gasteiger partial charge in [-0.05, 0) is 105 Å². The number of fused-ring (bicyclic) bond motifs is 20. The fraction of sp³-hybridized carbons (Fsp3) is 0.900. The summed E-state index contributed by atoms with van der Waals surface area (Å²) in [6.45, 7) is 9.37. The van der Waals surface area contributed by atoms with Gasteiger partial charge in [0, 0.05) is 23.0 Å². The number of rotatable bonds is 5. The van der Waals surface area contributed by atoms with E-state index in [1.165, 1.54) is 77.0 Å². The molecule has 12 nitrogen and oxygen atoms in total. The Labute approximate surface area is 336 Å². The zero-order chi connectivity index (χ0) is 36.9. The molecule has 1 radical (unpaired) electrons. The summed E-state index contributed by atoms with van der Waals surface area (Å²) in [5.74, 6) is 3.50. The van der Waals surface area contributed by atoms with Crippen molar-refractivity contribution in [2.75, 3.05) is 27.2 Å². The average Bonchev–Trinajstić information content (AvgIpc) is 3.87. The van der Waals surface area contributed by atoms with Crippen LogP contribution in [0.4, 0.5) is 0 Å². The zero-order valence-corrected chi connectivity index (χ0v) is 34.6. The summed E-state index contributed by atoms with van der Waals surface area (Å²) < 4.78 is 37.1. The first-order valence-corrected chi connectivity index (χ1v) is 23.1. The molecule has 9 N–H and O–H groups in total. The zero-order valence-electron chi connectivity index (χ0n) is 32.8. The van der Waals surface area contributed by atoms with Gasteiger partial charge in [0.15, 0.2) is 0 Å². The van der Waals surface area contributed by atoms with E-state index < -0.39 is 15.4 Å². The molecular weight excluding hydrogens is 750 g/mol. The van der Waals surface area contributed by atoms with E-state index in [1.807, 2.05) is 12.2 Å². The second kappa shape index (κ2) is 17.4. The number of nitrogens with one attached hydrogen (secondary N) is 8. The van der Waals surface area contributed by atoms with Gasteiger partial charge in [-0.15, -0.1) is 0 Å². The van der Waals surface area contributed by atoms with Gasteiger partial charge in [-0.2, -0.15) is 8.42 Å². The molecule has 0 amide bonds. The first-order valence-electron chi connectivity index (χ1n) is 21.6. The van der Waals surface area contributed by atoms with Crippen molar-refractivity contribution in [2.24, 2.45) is 47.3 Å². The van der Waals surface area contributed by atoms with Crippen LogP contribution < -0.4 is 42.5 Å². The smallest absolute Gasteiger partial charge is 0.268 e. The topological polar surface area (TPSA) is 151 Å². The number of quaternary nitrogens is 1. The molecule has 311 valence electrons. The number of nitrogens with zero attached hydrogens (tertiary/aromatic N) is 1. The molecule has 5 aliphatic heterocycles. The molecule has 9 fully saturated rings. The first kappa shape index (κ1) is 41.7. The standard InChI is InChI=1S/C32H56N8O3S.C8H16N.Cu/c41-44(42,43)23-15-7-14-22-24(23)32-39-30-21-13-6-5-12-20(21)28(37-30)35-26-17-9-2-1-8-16(17)25(33-26)34-27-18-10-3-4-11-19(18)29(36-27)38-31(22)40-32;1-5-7-9(3,4)8-6-2;/h16-40H,1-15H2,(H,41,42,43);5-6H,1-2,7-8H2,3-4H3;/q;+1;. The van der Waals surface area contributed by atoms with Crippen molar-refractivity contribution in [1.82, 2.24) is 42.5 Å². The Hall–Kier alpha value is -0.451. The molecule has 0 aromatic rings. The van der Waals surface area contributed by atoms with Gasteiger partial charge in [0.1, 0.15) is 0 Å². The Kier molecular flexibility index (Phi) is 13.4. The van der Waals surface area contributed by atoms with Crippen LogP contribution in [0.2, 0.25) is 0 Å². The summed E-state index contributed by atoms with van der Waals surface area (Å²) in [6, 6.07) is 0. The summed E-state index contributed by atoms with van der Waals surface area (Å²) in [5.41, 5.74) is 0. The molecule has 0 aromatic heterocycles. The molecule has 17 atom stereocenters. The molecule has 0 spiro atoms. The fourth-order valence-electron chi connectivity index (χ4n) is 13.1. The van der Waals surface area contributed by atoms with Crippen molar-refractivity contribution >= 4 is 10.1 Å². The Morgan fingerprint density at radius 2 is 0.778 bits per heavy atom. The Morgan fingerprint density at radius 3 is 1.07 bits per heavy atom. The minimum atomic E-state index is -4.16. The summed E-state index contributed by atoms with van der Waals surface area (Å²) in [6.07, 6.45) is 22.7. The van der Waals surface area contributed by atoms with Crippen LogP contribution >= 0.6 is 0 Å². The van der Waals surface area contributed by atoms with E-state index >= 15 is 0 Å². The van der Waals surface area contributed by atoms with Crippen molar-refractivity contribution in [3.8, 4) is 0 Å². The van der Waals surface area contributed by atoms with Crippen LogP contribution in [0.5, 0.6) is 0 Å².